The summed E-state index contributed by atoms with van der Waals surface area (Å²) in [6, 6.07) is 0. The fourth-order valence-corrected chi connectivity index (χ4v) is 1.46. The van der Waals surface area contributed by atoms with Gasteiger partial charge in [0.15, 0.2) is 0 Å². The van der Waals surface area contributed by atoms with Crippen LogP contribution in [-0.2, 0) is 14.3 Å². The number of hydrogen-bond acceptors (Lipinski definition) is 4. The first-order valence-corrected chi connectivity index (χ1v) is 6.62. The van der Waals surface area contributed by atoms with Gasteiger partial charge in [0.05, 0.1) is 6.61 Å². The van der Waals surface area contributed by atoms with Crippen molar-refractivity contribution in [1.29, 1.82) is 0 Å². The van der Waals surface area contributed by atoms with Crippen LogP contribution in [0.5, 0.6) is 0 Å². The minimum Gasteiger partial charge on any atom is -0.464 e. The summed E-state index contributed by atoms with van der Waals surface area (Å²) in [6.07, 6.45) is 4.09. The van der Waals surface area contributed by atoms with Gasteiger partial charge >= 0.3 is 5.97 Å². The lowest BCUT2D eigenvalue weighted by molar-refractivity contribution is -0.149. The van der Waals surface area contributed by atoms with Gasteiger partial charge in [0, 0.05) is 13.2 Å². The van der Waals surface area contributed by atoms with E-state index in [1.165, 1.54) is 6.42 Å². The molecule has 0 aromatic carbocycles. The van der Waals surface area contributed by atoms with Crippen molar-refractivity contribution < 1.29 is 14.3 Å². The Morgan fingerprint density at radius 2 is 1.82 bits per heavy atom. The van der Waals surface area contributed by atoms with Crippen molar-refractivity contribution in [2.45, 2.75) is 39.5 Å². The molecule has 0 fully saturated rings. The van der Waals surface area contributed by atoms with Crippen molar-refractivity contribution >= 4 is 5.97 Å². The highest BCUT2D eigenvalue weighted by Gasteiger charge is 2.02. The topological polar surface area (TPSA) is 38.8 Å². The van der Waals surface area contributed by atoms with E-state index in [2.05, 4.69) is 25.8 Å². The van der Waals surface area contributed by atoms with Crippen LogP contribution in [0.3, 0.4) is 0 Å². The minimum atomic E-state index is -0.250. The first kappa shape index (κ1) is 16.4. The fourth-order valence-electron chi connectivity index (χ4n) is 1.46. The molecular weight excluding hydrogens is 218 g/mol. The van der Waals surface area contributed by atoms with Gasteiger partial charge in [0.25, 0.3) is 0 Å². The van der Waals surface area contributed by atoms with Crippen molar-refractivity contribution in [1.82, 2.24) is 4.90 Å². The largest absolute Gasteiger partial charge is 0.464 e. The lowest BCUT2D eigenvalue weighted by Crippen LogP contribution is -2.22. The molecule has 17 heavy (non-hydrogen) atoms. The van der Waals surface area contributed by atoms with Crippen LogP contribution in [-0.4, -0.2) is 50.8 Å². The predicted molar refractivity (Wildman–Crippen MR) is 69.1 cm³/mol. The summed E-state index contributed by atoms with van der Waals surface area (Å²) < 4.78 is 10.2. The minimum absolute atomic E-state index is 0.0845. The number of carbonyl (C=O) groups is 1. The van der Waals surface area contributed by atoms with Crippen molar-refractivity contribution in [2.24, 2.45) is 0 Å². The molecule has 0 aliphatic heterocycles. The van der Waals surface area contributed by atoms with Crippen LogP contribution in [0.15, 0.2) is 0 Å². The first-order chi connectivity index (χ1) is 8.20. The highest BCUT2D eigenvalue weighted by molar-refractivity contribution is 5.70. The highest BCUT2D eigenvalue weighted by atomic mass is 16.6. The van der Waals surface area contributed by atoms with E-state index in [0.717, 1.165) is 32.4 Å². The van der Waals surface area contributed by atoms with Crippen LogP contribution in [0.1, 0.15) is 39.5 Å². The maximum Gasteiger partial charge on any atom is 0.332 e. The summed E-state index contributed by atoms with van der Waals surface area (Å²) >= 11 is 0. The van der Waals surface area contributed by atoms with E-state index in [4.69, 9.17) is 9.47 Å². The van der Waals surface area contributed by atoms with E-state index in [1.54, 1.807) is 0 Å². The van der Waals surface area contributed by atoms with E-state index < -0.39 is 0 Å². The Bertz CT molecular complexity index is 186. The molecule has 4 heteroatoms. The average molecular weight is 245 g/mol. The van der Waals surface area contributed by atoms with Crippen LogP contribution >= 0.6 is 0 Å². The molecule has 0 aromatic rings. The smallest absolute Gasteiger partial charge is 0.332 e. The van der Waals surface area contributed by atoms with Gasteiger partial charge in [-0.1, -0.05) is 20.3 Å². The zero-order valence-corrected chi connectivity index (χ0v) is 11.5. The third-order valence-electron chi connectivity index (χ3n) is 2.41. The molecule has 0 amide bonds. The van der Waals surface area contributed by atoms with Gasteiger partial charge < -0.3 is 14.4 Å². The predicted octanol–water partition coefficient (Wildman–Crippen LogP) is 2.08. The van der Waals surface area contributed by atoms with Crippen LogP contribution in [0.25, 0.3) is 0 Å². The number of rotatable bonds is 11. The third-order valence-corrected chi connectivity index (χ3v) is 2.41. The molecule has 0 aliphatic carbocycles. The van der Waals surface area contributed by atoms with Crippen molar-refractivity contribution in [2.75, 3.05) is 40.0 Å². The van der Waals surface area contributed by atoms with E-state index in [-0.39, 0.29) is 12.6 Å². The molecule has 0 atom stereocenters. The molecule has 0 unspecified atom stereocenters. The van der Waals surface area contributed by atoms with Crippen LogP contribution < -0.4 is 0 Å². The first-order valence-electron chi connectivity index (χ1n) is 6.62. The average Bonchev–Trinajstić information content (AvgIpc) is 2.29. The van der Waals surface area contributed by atoms with Gasteiger partial charge in [-0.2, -0.15) is 0 Å². The summed E-state index contributed by atoms with van der Waals surface area (Å²) in [5.41, 5.74) is 0. The maximum absolute atomic E-state index is 11.2. The van der Waals surface area contributed by atoms with Gasteiger partial charge in [-0.15, -0.1) is 0 Å². The van der Waals surface area contributed by atoms with Crippen molar-refractivity contribution in [3.8, 4) is 0 Å². The molecule has 0 spiro atoms. The van der Waals surface area contributed by atoms with Crippen LogP contribution in [0.4, 0.5) is 0 Å². The molecule has 0 aromatic heterocycles. The van der Waals surface area contributed by atoms with E-state index >= 15 is 0 Å². The van der Waals surface area contributed by atoms with E-state index in [1.807, 2.05) is 0 Å². The monoisotopic (exact) mass is 245 g/mol. The number of esters is 1. The second-order valence-corrected chi connectivity index (χ2v) is 4.28. The quantitative estimate of drug-likeness (QED) is 0.413. The zero-order valence-electron chi connectivity index (χ0n) is 11.5. The number of nitrogens with zero attached hydrogens (tertiary/aromatic N) is 1. The van der Waals surface area contributed by atoms with Gasteiger partial charge in [-0.25, -0.2) is 4.79 Å². The molecular formula is C13H27NO3. The number of carbonyl (C=O) groups excluding carboxylic acids is 1. The Balaban J connectivity index is 3.24. The Morgan fingerprint density at radius 1 is 1.06 bits per heavy atom. The van der Waals surface area contributed by atoms with E-state index in [9.17, 15) is 4.79 Å². The van der Waals surface area contributed by atoms with Gasteiger partial charge in [-0.05, 0) is 32.9 Å². The van der Waals surface area contributed by atoms with Crippen LogP contribution in [0.2, 0.25) is 0 Å². The third kappa shape index (κ3) is 11.6. The molecule has 0 bridgehead atoms. The molecule has 0 saturated carbocycles. The summed E-state index contributed by atoms with van der Waals surface area (Å²) in [6.45, 7) is 7.57. The maximum atomic E-state index is 11.2. The normalized spacial score (nSPS) is 10.8. The van der Waals surface area contributed by atoms with Gasteiger partial charge in [-0.3, -0.25) is 0 Å². The SMILES string of the molecule is CCCCOC(=O)COCCCN(C)CCC. The Kier molecular flexibility index (Phi) is 11.4. The Labute approximate surface area is 105 Å². The molecule has 0 heterocycles. The number of ether oxygens (including phenoxy) is 2. The van der Waals surface area contributed by atoms with Crippen molar-refractivity contribution in [3.05, 3.63) is 0 Å². The molecule has 0 radical (unpaired) electrons. The molecule has 102 valence electrons. The lowest BCUT2D eigenvalue weighted by atomic mass is 10.4. The Morgan fingerprint density at radius 3 is 2.47 bits per heavy atom. The second kappa shape index (κ2) is 11.9. The van der Waals surface area contributed by atoms with Gasteiger partial charge in [0.2, 0.25) is 0 Å². The molecule has 4 nitrogen and oxygen atoms in total. The fraction of sp³-hybridized carbons (Fsp3) is 0.923. The Hall–Kier alpha value is -0.610. The zero-order chi connectivity index (χ0) is 12.9. The molecule has 0 rings (SSSR count). The summed E-state index contributed by atoms with van der Waals surface area (Å²) in [4.78, 5) is 13.4. The van der Waals surface area contributed by atoms with Gasteiger partial charge in [0.1, 0.15) is 6.61 Å². The lowest BCUT2D eigenvalue weighted by Gasteiger charge is -2.14. The highest BCUT2D eigenvalue weighted by Crippen LogP contribution is 1.92. The van der Waals surface area contributed by atoms with E-state index in [0.29, 0.717) is 13.2 Å². The summed E-state index contributed by atoms with van der Waals surface area (Å²) in [5.74, 6) is -0.250. The summed E-state index contributed by atoms with van der Waals surface area (Å²) in [7, 11) is 2.10. The molecule has 0 N–H and O–H groups in total. The number of hydrogen-bond donors (Lipinski definition) is 0. The van der Waals surface area contributed by atoms with Crippen LogP contribution in [0, 0.1) is 0 Å². The summed E-state index contributed by atoms with van der Waals surface area (Å²) in [5, 5.41) is 0. The second-order valence-electron chi connectivity index (χ2n) is 4.28. The number of unbranched alkanes of at least 4 members (excludes halogenated alkanes) is 1. The standard InChI is InChI=1S/C13H27NO3/c1-4-6-11-17-13(15)12-16-10-7-9-14(3)8-5-2/h4-12H2,1-3H3. The van der Waals surface area contributed by atoms with Crippen molar-refractivity contribution in [3.63, 3.8) is 0 Å². The molecule has 0 saturated heterocycles. The molecule has 0 aliphatic rings.